The van der Waals surface area contributed by atoms with E-state index >= 15 is 0 Å². The highest BCUT2D eigenvalue weighted by atomic mass is 35.5. The van der Waals surface area contributed by atoms with E-state index in [0.29, 0.717) is 0 Å². The predicted molar refractivity (Wildman–Crippen MR) is 21.1 cm³/mol. The van der Waals surface area contributed by atoms with Crippen molar-refractivity contribution in [2.75, 3.05) is 0 Å². The third kappa shape index (κ3) is 3.89. The van der Waals surface area contributed by atoms with Crippen molar-refractivity contribution in [3.8, 4) is 0 Å². The summed E-state index contributed by atoms with van der Waals surface area (Å²) in [6, 6.07) is 0. The zero-order valence-electron chi connectivity index (χ0n) is 3.16. The highest BCUT2D eigenvalue weighted by molar-refractivity contribution is 6.29. The van der Waals surface area contributed by atoms with E-state index in [-0.39, 0.29) is 0 Å². The predicted octanol–water partition coefficient (Wildman–Crippen LogP) is 1.02. The van der Waals surface area contributed by atoms with Crippen LogP contribution in [-0.4, -0.2) is 11.4 Å². The van der Waals surface area contributed by atoms with Gasteiger partial charge in [0.1, 0.15) is 0 Å². The number of rotatable bonds is 1. The zero-order chi connectivity index (χ0) is 5.21. The second kappa shape index (κ2) is 1.56. The van der Waals surface area contributed by atoms with Crippen LogP contribution in [0.3, 0.4) is 0 Å². The van der Waals surface area contributed by atoms with Gasteiger partial charge in [-0.25, -0.2) is 4.39 Å². The zero-order valence-corrected chi connectivity index (χ0v) is 3.92. The van der Waals surface area contributed by atoms with E-state index in [2.05, 4.69) is 11.6 Å². The van der Waals surface area contributed by atoms with E-state index in [1.807, 2.05) is 0 Å². The highest BCUT2D eigenvalue weighted by Gasteiger charge is 2.16. The average Bonchev–Trinajstić information content (AvgIpc) is 1.35. The van der Waals surface area contributed by atoms with Crippen LogP contribution in [-0.2, 0) is 4.79 Å². The first-order valence-corrected chi connectivity index (χ1v) is 1.71. The normalized spacial score (nSPS) is 19.2. The molecule has 1 unspecified atom stereocenters. The maximum absolute atomic E-state index is 11.5. The lowest BCUT2D eigenvalue weighted by Crippen LogP contribution is -2.07. The molecule has 0 aromatic heterocycles. The molecule has 0 aromatic carbocycles. The fourth-order valence-corrected chi connectivity index (χ4v) is 0. The van der Waals surface area contributed by atoms with Crippen LogP contribution in [0.15, 0.2) is 0 Å². The Morgan fingerprint density at radius 1 is 2.00 bits per heavy atom. The number of hydrogen-bond acceptors (Lipinski definition) is 1. The molecule has 0 aromatic rings. The lowest BCUT2D eigenvalue weighted by molar-refractivity contribution is 0.378. The third-order valence-corrected chi connectivity index (χ3v) is 0.256. The van der Waals surface area contributed by atoms with Gasteiger partial charge in [-0.15, -0.1) is 0 Å². The molecule has 0 spiro atoms. The molecule has 0 saturated carbocycles. The molecule has 0 aliphatic carbocycles. The van der Waals surface area contributed by atoms with E-state index in [1.165, 1.54) is 0 Å². The molecule has 0 saturated heterocycles. The average molecular weight is 110 g/mol. The summed E-state index contributed by atoms with van der Waals surface area (Å²) in [6.07, 6.45) is 0.953. The third-order valence-electron chi connectivity index (χ3n) is 0.179. The molecule has 0 N–H and O–H groups in total. The molecule has 3 heteroatoms. The van der Waals surface area contributed by atoms with Crippen molar-refractivity contribution in [1.82, 2.24) is 0 Å². The van der Waals surface area contributed by atoms with Crippen molar-refractivity contribution in [2.24, 2.45) is 0 Å². The van der Waals surface area contributed by atoms with Gasteiger partial charge in [0.2, 0.25) is 5.13 Å². The van der Waals surface area contributed by atoms with Gasteiger partial charge in [-0.05, 0) is 6.92 Å². The van der Waals surface area contributed by atoms with Gasteiger partial charge in [0.25, 0.3) is 6.29 Å². The summed E-state index contributed by atoms with van der Waals surface area (Å²) >= 11 is 4.63. The van der Waals surface area contributed by atoms with Crippen molar-refractivity contribution < 1.29 is 9.18 Å². The first-order chi connectivity index (χ1) is 2.56. The summed E-state index contributed by atoms with van der Waals surface area (Å²) in [7, 11) is 0. The molecule has 0 amide bonds. The van der Waals surface area contributed by atoms with Crippen molar-refractivity contribution in [2.45, 2.75) is 12.1 Å². The molecule has 0 fully saturated rings. The molecule has 35 valence electrons. The molecule has 1 atom stereocenters. The van der Waals surface area contributed by atoms with Crippen molar-refractivity contribution >= 4 is 17.9 Å². The molecule has 1 nitrogen and oxygen atoms in total. The minimum atomic E-state index is -2.29. The molecular formula is C3H3ClFO. The van der Waals surface area contributed by atoms with Gasteiger partial charge in [0.15, 0.2) is 0 Å². The Kier molecular flexibility index (Phi) is 1.53. The van der Waals surface area contributed by atoms with Crippen LogP contribution < -0.4 is 0 Å². The van der Waals surface area contributed by atoms with Crippen molar-refractivity contribution in [3.63, 3.8) is 0 Å². The smallest absolute Gasteiger partial charge is 0.255 e. The van der Waals surface area contributed by atoms with E-state index in [0.717, 1.165) is 13.2 Å². The second-order valence-corrected chi connectivity index (χ2v) is 1.70. The SMILES string of the molecule is CC(F)(Cl)[C]=O. The Balaban J connectivity index is 3.45. The number of halogens is 2. The summed E-state index contributed by atoms with van der Waals surface area (Å²) in [4.78, 5) is 9.19. The Morgan fingerprint density at radius 3 is 2.17 bits per heavy atom. The summed E-state index contributed by atoms with van der Waals surface area (Å²) in [6.45, 7) is 0.918. The molecule has 6 heavy (non-hydrogen) atoms. The molecule has 0 aliphatic heterocycles. The van der Waals surface area contributed by atoms with Gasteiger partial charge < -0.3 is 0 Å². The standard InChI is InChI=1S/C3H3ClFO/c1-3(4,5)2-6/h1H3. The Morgan fingerprint density at radius 2 is 2.17 bits per heavy atom. The molecule has 1 radical (unpaired) electrons. The highest BCUT2D eigenvalue weighted by Crippen LogP contribution is 2.09. The van der Waals surface area contributed by atoms with Gasteiger partial charge in [0.05, 0.1) is 0 Å². The van der Waals surface area contributed by atoms with Gasteiger partial charge >= 0.3 is 0 Å². The summed E-state index contributed by atoms with van der Waals surface area (Å²) in [5.41, 5.74) is 0. The Bertz CT molecular complexity index is 56.3. The quantitative estimate of drug-likeness (QED) is 0.460. The van der Waals surface area contributed by atoms with E-state index in [4.69, 9.17) is 0 Å². The summed E-state index contributed by atoms with van der Waals surface area (Å²) < 4.78 is 11.5. The number of hydrogen-bond donors (Lipinski definition) is 0. The number of carbonyl (C=O) groups excluding carboxylic acids is 1. The van der Waals surface area contributed by atoms with Crippen LogP contribution in [0.1, 0.15) is 6.92 Å². The van der Waals surface area contributed by atoms with Crippen LogP contribution in [0.4, 0.5) is 4.39 Å². The number of alkyl halides is 2. The fourth-order valence-electron chi connectivity index (χ4n) is 0. The monoisotopic (exact) mass is 109 g/mol. The first kappa shape index (κ1) is 5.89. The fraction of sp³-hybridized carbons (Fsp3) is 0.667. The Labute approximate surface area is 40.1 Å². The molecule has 0 heterocycles. The largest absolute Gasteiger partial charge is 0.286 e. The minimum Gasteiger partial charge on any atom is -0.286 e. The summed E-state index contributed by atoms with van der Waals surface area (Å²) in [5, 5.41) is -2.29. The van der Waals surface area contributed by atoms with Crippen LogP contribution in [0.2, 0.25) is 0 Å². The van der Waals surface area contributed by atoms with Crippen molar-refractivity contribution in [3.05, 3.63) is 0 Å². The molecular weight excluding hydrogens is 106 g/mol. The molecule has 0 bridgehead atoms. The van der Waals surface area contributed by atoms with Crippen LogP contribution in [0.25, 0.3) is 0 Å². The second-order valence-electron chi connectivity index (χ2n) is 0.990. The maximum atomic E-state index is 11.5. The van der Waals surface area contributed by atoms with E-state index < -0.39 is 5.13 Å². The Hall–Kier alpha value is -0.110. The van der Waals surface area contributed by atoms with E-state index in [9.17, 15) is 9.18 Å². The van der Waals surface area contributed by atoms with Crippen LogP contribution in [0.5, 0.6) is 0 Å². The summed E-state index contributed by atoms with van der Waals surface area (Å²) in [5.74, 6) is 0. The van der Waals surface area contributed by atoms with Gasteiger partial charge in [0, 0.05) is 0 Å². The maximum Gasteiger partial charge on any atom is 0.255 e. The van der Waals surface area contributed by atoms with Crippen molar-refractivity contribution in [1.29, 1.82) is 0 Å². The minimum absolute atomic E-state index is 0.918. The van der Waals surface area contributed by atoms with Crippen LogP contribution >= 0.6 is 11.6 Å². The molecule has 0 aliphatic rings. The van der Waals surface area contributed by atoms with Gasteiger partial charge in [-0.3, -0.25) is 4.79 Å². The molecule has 0 rings (SSSR count). The lowest BCUT2D eigenvalue weighted by atomic mass is 10.5. The first-order valence-electron chi connectivity index (χ1n) is 1.33. The van der Waals surface area contributed by atoms with Crippen LogP contribution in [0, 0.1) is 0 Å². The topological polar surface area (TPSA) is 17.1 Å². The van der Waals surface area contributed by atoms with Gasteiger partial charge in [-0.1, -0.05) is 11.6 Å². The lowest BCUT2D eigenvalue weighted by Gasteiger charge is -1.93. The van der Waals surface area contributed by atoms with Gasteiger partial charge in [-0.2, -0.15) is 0 Å². The van der Waals surface area contributed by atoms with E-state index in [1.54, 1.807) is 0 Å².